The first-order valence-electron chi connectivity index (χ1n) is 8.44. The summed E-state index contributed by atoms with van der Waals surface area (Å²) in [5.74, 6) is 1.04. The Balaban J connectivity index is 1.55. The molecule has 4 rings (SSSR count). The number of hydrogen-bond acceptors (Lipinski definition) is 4. The van der Waals surface area contributed by atoms with Crippen molar-refractivity contribution in [2.75, 3.05) is 6.79 Å². The van der Waals surface area contributed by atoms with Gasteiger partial charge in [-0.25, -0.2) is 0 Å². The average Bonchev–Trinajstić information content (AvgIpc) is 3.28. The molecular weight excluding hydrogens is 320 g/mol. The van der Waals surface area contributed by atoms with Crippen LogP contribution in [0.3, 0.4) is 0 Å². The van der Waals surface area contributed by atoms with Gasteiger partial charge in [0.05, 0.1) is 0 Å². The van der Waals surface area contributed by atoms with Crippen LogP contribution in [0.1, 0.15) is 46.1 Å². The number of fused-ring (bicyclic) bond motifs is 1. The van der Waals surface area contributed by atoms with Gasteiger partial charge in [0.2, 0.25) is 6.79 Å². The number of aromatic nitrogens is 1. The maximum absolute atomic E-state index is 12.8. The van der Waals surface area contributed by atoms with E-state index < -0.39 is 0 Å². The lowest BCUT2D eigenvalue weighted by atomic mass is 10.1. The van der Waals surface area contributed by atoms with Crippen molar-refractivity contribution in [3.8, 4) is 11.5 Å². The van der Waals surface area contributed by atoms with Gasteiger partial charge in [0.15, 0.2) is 11.5 Å². The standard InChI is InChI=1S/C19H20N2O4/c1-11-7-12(2)21(14-4-5-14)19(23)17(11)18(22)20-9-13-3-6-15-16(8-13)25-10-24-15/h3,6-8,14H,4-5,9-10H2,1-2H3,(H,20,22). The Bertz CT molecular complexity index is 912. The van der Waals surface area contributed by atoms with E-state index in [2.05, 4.69) is 5.32 Å². The number of carbonyl (C=O) groups is 1. The Hall–Kier alpha value is -2.76. The first-order valence-corrected chi connectivity index (χ1v) is 8.44. The van der Waals surface area contributed by atoms with Gasteiger partial charge in [0, 0.05) is 18.3 Å². The third-order valence-electron chi connectivity index (χ3n) is 4.66. The van der Waals surface area contributed by atoms with Gasteiger partial charge in [-0.1, -0.05) is 6.07 Å². The molecule has 0 atom stereocenters. The van der Waals surface area contributed by atoms with Gasteiger partial charge in [0.1, 0.15) is 5.56 Å². The van der Waals surface area contributed by atoms with Crippen LogP contribution in [-0.2, 0) is 6.54 Å². The van der Waals surface area contributed by atoms with Gasteiger partial charge < -0.3 is 19.4 Å². The molecule has 0 unspecified atom stereocenters. The summed E-state index contributed by atoms with van der Waals surface area (Å²) in [6, 6.07) is 7.69. The SMILES string of the molecule is Cc1cc(C)n(C2CC2)c(=O)c1C(=O)NCc1ccc2c(c1)OCO2. The number of carbonyl (C=O) groups excluding carboxylic acids is 1. The van der Waals surface area contributed by atoms with E-state index in [9.17, 15) is 9.59 Å². The lowest BCUT2D eigenvalue weighted by molar-refractivity contribution is 0.0948. The first-order chi connectivity index (χ1) is 12.0. The third kappa shape index (κ3) is 2.88. The molecule has 0 bridgehead atoms. The van der Waals surface area contributed by atoms with Crippen LogP contribution in [0, 0.1) is 13.8 Å². The zero-order chi connectivity index (χ0) is 17.6. The van der Waals surface area contributed by atoms with Gasteiger partial charge in [-0.3, -0.25) is 9.59 Å². The van der Waals surface area contributed by atoms with Gasteiger partial charge in [-0.15, -0.1) is 0 Å². The highest BCUT2D eigenvalue weighted by atomic mass is 16.7. The van der Waals surface area contributed by atoms with Crippen molar-refractivity contribution in [1.29, 1.82) is 0 Å². The molecule has 1 aromatic carbocycles. The van der Waals surface area contributed by atoms with E-state index in [4.69, 9.17) is 9.47 Å². The maximum Gasteiger partial charge on any atom is 0.264 e. The molecule has 25 heavy (non-hydrogen) atoms. The quantitative estimate of drug-likeness (QED) is 0.928. The van der Waals surface area contributed by atoms with E-state index in [0.717, 1.165) is 24.1 Å². The molecule has 2 aliphatic rings. The fraction of sp³-hybridized carbons (Fsp3) is 0.368. The summed E-state index contributed by atoms with van der Waals surface area (Å²) in [5.41, 5.74) is 2.56. The van der Waals surface area contributed by atoms with Crippen LogP contribution in [0.4, 0.5) is 0 Å². The Kier molecular flexibility index (Phi) is 3.75. The van der Waals surface area contributed by atoms with Crippen LogP contribution in [-0.4, -0.2) is 17.3 Å². The predicted octanol–water partition coefficient (Wildman–Crippen LogP) is 2.46. The Morgan fingerprint density at radius 1 is 1.20 bits per heavy atom. The number of nitrogens with zero attached hydrogens (tertiary/aromatic N) is 1. The number of ether oxygens (including phenoxy) is 2. The number of aryl methyl sites for hydroxylation is 2. The molecule has 6 nitrogen and oxygen atoms in total. The number of rotatable bonds is 4. The second-order valence-corrected chi connectivity index (χ2v) is 6.62. The summed E-state index contributed by atoms with van der Waals surface area (Å²) in [4.78, 5) is 25.4. The molecular formula is C19H20N2O4. The summed E-state index contributed by atoms with van der Waals surface area (Å²) in [6.07, 6.45) is 2.00. The second-order valence-electron chi connectivity index (χ2n) is 6.62. The first kappa shape index (κ1) is 15.7. The molecule has 130 valence electrons. The molecule has 0 radical (unpaired) electrons. The highest BCUT2D eigenvalue weighted by molar-refractivity contribution is 5.95. The molecule has 1 fully saturated rings. The fourth-order valence-electron chi connectivity index (χ4n) is 3.29. The van der Waals surface area contributed by atoms with Crippen LogP contribution in [0.2, 0.25) is 0 Å². The smallest absolute Gasteiger partial charge is 0.264 e. The summed E-state index contributed by atoms with van der Waals surface area (Å²) >= 11 is 0. The lowest BCUT2D eigenvalue weighted by Gasteiger charge is -2.14. The van der Waals surface area contributed by atoms with Crippen molar-refractivity contribution in [2.24, 2.45) is 0 Å². The predicted molar refractivity (Wildman–Crippen MR) is 92.2 cm³/mol. The van der Waals surface area contributed by atoms with Crippen molar-refractivity contribution in [1.82, 2.24) is 9.88 Å². The van der Waals surface area contributed by atoms with E-state index >= 15 is 0 Å². The molecule has 2 heterocycles. The van der Waals surface area contributed by atoms with Crippen molar-refractivity contribution >= 4 is 5.91 Å². The van der Waals surface area contributed by atoms with E-state index in [1.807, 2.05) is 31.2 Å². The minimum Gasteiger partial charge on any atom is -0.454 e. The molecule has 1 amide bonds. The van der Waals surface area contributed by atoms with Crippen molar-refractivity contribution < 1.29 is 14.3 Å². The van der Waals surface area contributed by atoms with Crippen LogP contribution in [0.5, 0.6) is 11.5 Å². The highest BCUT2D eigenvalue weighted by Gasteiger charge is 2.28. The summed E-state index contributed by atoms with van der Waals surface area (Å²) in [7, 11) is 0. The molecule has 1 N–H and O–H groups in total. The largest absolute Gasteiger partial charge is 0.454 e. The molecule has 6 heteroatoms. The van der Waals surface area contributed by atoms with Crippen LogP contribution in [0.15, 0.2) is 29.1 Å². The summed E-state index contributed by atoms with van der Waals surface area (Å²) < 4.78 is 12.4. The topological polar surface area (TPSA) is 69.6 Å². The monoisotopic (exact) mass is 340 g/mol. The molecule has 1 aliphatic carbocycles. The van der Waals surface area contributed by atoms with E-state index in [-0.39, 0.29) is 29.9 Å². The van der Waals surface area contributed by atoms with Gasteiger partial charge in [0.25, 0.3) is 11.5 Å². The molecule has 1 saturated carbocycles. The minimum atomic E-state index is -0.338. The van der Waals surface area contributed by atoms with Gasteiger partial charge in [-0.2, -0.15) is 0 Å². The zero-order valence-electron chi connectivity index (χ0n) is 14.3. The Labute approximate surface area is 145 Å². The Morgan fingerprint density at radius 3 is 2.72 bits per heavy atom. The third-order valence-corrected chi connectivity index (χ3v) is 4.66. The Morgan fingerprint density at radius 2 is 1.96 bits per heavy atom. The molecule has 0 saturated heterocycles. The van der Waals surface area contributed by atoms with Crippen molar-refractivity contribution in [3.05, 3.63) is 57.0 Å². The number of nitrogens with one attached hydrogen (secondary N) is 1. The number of benzene rings is 1. The van der Waals surface area contributed by atoms with Crippen LogP contribution >= 0.6 is 0 Å². The van der Waals surface area contributed by atoms with Crippen molar-refractivity contribution in [3.63, 3.8) is 0 Å². The van der Waals surface area contributed by atoms with E-state index in [0.29, 0.717) is 23.6 Å². The molecule has 2 aromatic rings. The van der Waals surface area contributed by atoms with Crippen molar-refractivity contribution in [2.45, 2.75) is 39.3 Å². The minimum absolute atomic E-state index is 0.191. The fourth-order valence-corrected chi connectivity index (χ4v) is 3.29. The number of amides is 1. The molecule has 0 spiro atoms. The maximum atomic E-state index is 12.8. The van der Waals surface area contributed by atoms with E-state index in [1.165, 1.54) is 0 Å². The summed E-state index contributed by atoms with van der Waals surface area (Å²) in [6.45, 7) is 4.27. The van der Waals surface area contributed by atoms with E-state index in [1.54, 1.807) is 11.5 Å². The molecule has 1 aliphatic heterocycles. The lowest BCUT2D eigenvalue weighted by Crippen LogP contribution is -2.34. The van der Waals surface area contributed by atoms with Crippen LogP contribution < -0.4 is 20.3 Å². The normalized spacial score (nSPS) is 15.3. The average molecular weight is 340 g/mol. The zero-order valence-corrected chi connectivity index (χ0v) is 14.3. The van der Waals surface area contributed by atoms with Crippen LogP contribution in [0.25, 0.3) is 0 Å². The van der Waals surface area contributed by atoms with Gasteiger partial charge >= 0.3 is 0 Å². The number of hydrogen-bond donors (Lipinski definition) is 1. The molecule has 1 aromatic heterocycles. The number of pyridine rings is 1. The van der Waals surface area contributed by atoms with Gasteiger partial charge in [-0.05, 0) is 56.0 Å². The highest BCUT2D eigenvalue weighted by Crippen LogP contribution is 2.35. The summed E-state index contributed by atoms with van der Waals surface area (Å²) in [5, 5.41) is 2.85. The second kappa shape index (κ2) is 5.95.